The molecule has 1 aliphatic rings. The van der Waals surface area contributed by atoms with Gasteiger partial charge in [-0.15, -0.1) is 0 Å². The first kappa shape index (κ1) is 12.4. The molecule has 1 aromatic carbocycles. The van der Waals surface area contributed by atoms with Crippen molar-refractivity contribution in [1.82, 2.24) is 4.90 Å². The van der Waals surface area contributed by atoms with E-state index in [1.807, 2.05) is 4.90 Å². The Morgan fingerprint density at radius 1 is 1.12 bits per heavy atom. The van der Waals surface area contributed by atoms with E-state index in [0.29, 0.717) is 18.7 Å². The van der Waals surface area contributed by atoms with Gasteiger partial charge < -0.3 is 5.11 Å². The first-order valence-corrected chi connectivity index (χ1v) is 5.60. The summed E-state index contributed by atoms with van der Waals surface area (Å²) in [7, 11) is 0. The number of rotatable bonds is 5. The summed E-state index contributed by atoms with van der Waals surface area (Å²) < 4.78 is 39.2. The summed E-state index contributed by atoms with van der Waals surface area (Å²) in [6.07, 6.45) is 2.01. The summed E-state index contributed by atoms with van der Waals surface area (Å²) in [5, 5.41) is 8.89. The van der Waals surface area contributed by atoms with Gasteiger partial charge in [-0.2, -0.15) is 0 Å². The normalized spacial score (nSPS) is 15.6. The maximum atomic E-state index is 13.4. The zero-order valence-corrected chi connectivity index (χ0v) is 9.30. The largest absolute Gasteiger partial charge is 0.395 e. The second kappa shape index (κ2) is 5.06. The molecule has 1 saturated carbocycles. The predicted octanol–water partition coefficient (Wildman–Crippen LogP) is 2.06. The molecule has 0 radical (unpaired) electrons. The Labute approximate surface area is 97.7 Å². The average Bonchev–Trinajstić information content (AvgIpc) is 3.08. The molecule has 0 bridgehead atoms. The van der Waals surface area contributed by atoms with Crippen LogP contribution < -0.4 is 0 Å². The van der Waals surface area contributed by atoms with Crippen molar-refractivity contribution in [2.45, 2.75) is 25.4 Å². The van der Waals surface area contributed by atoms with Gasteiger partial charge in [-0.3, -0.25) is 4.90 Å². The van der Waals surface area contributed by atoms with E-state index in [0.717, 1.165) is 18.9 Å². The summed E-state index contributed by atoms with van der Waals surface area (Å²) in [4.78, 5) is 1.88. The van der Waals surface area contributed by atoms with Crippen LogP contribution >= 0.6 is 0 Å². The fourth-order valence-electron chi connectivity index (χ4n) is 1.86. The van der Waals surface area contributed by atoms with Crippen LogP contribution in [0, 0.1) is 17.5 Å². The third-order valence-corrected chi connectivity index (χ3v) is 2.91. The summed E-state index contributed by atoms with van der Waals surface area (Å²) in [6, 6.07) is 1.78. The van der Waals surface area contributed by atoms with Crippen LogP contribution in [0.15, 0.2) is 12.1 Å². The number of halogens is 3. The molecule has 0 saturated heterocycles. The molecule has 1 N–H and O–H groups in total. The molecule has 17 heavy (non-hydrogen) atoms. The van der Waals surface area contributed by atoms with Crippen molar-refractivity contribution in [2.24, 2.45) is 0 Å². The van der Waals surface area contributed by atoms with Crippen molar-refractivity contribution in [2.75, 3.05) is 13.2 Å². The van der Waals surface area contributed by atoms with E-state index < -0.39 is 17.5 Å². The number of aliphatic hydroxyl groups excluding tert-OH is 1. The number of benzene rings is 1. The molecule has 0 aromatic heterocycles. The minimum atomic E-state index is -1.17. The summed E-state index contributed by atoms with van der Waals surface area (Å²) in [5.74, 6) is -2.96. The SMILES string of the molecule is OCCN(Cc1cc(F)c(F)cc1F)C1CC1. The van der Waals surface area contributed by atoms with Gasteiger partial charge >= 0.3 is 0 Å². The van der Waals surface area contributed by atoms with Gasteiger partial charge in [-0.1, -0.05) is 0 Å². The molecule has 1 aliphatic carbocycles. The van der Waals surface area contributed by atoms with Gasteiger partial charge in [-0.25, -0.2) is 13.2 Å². The maximum absolute atomic E-state index is 13.4. The van der Waals surface area contributed by atoms with Crippen molar-refractivity contribution in [3.8, 4) is 0 Å². The van der Waals surface area contributed by atoms with Crippen LogP contribution in [0.1, 0.15) is 18.4 Å². The van der Waals surface area contributed by atoms with E-state index in [4.69, 9.17) is 5.11 Å². The average molecular weight is 245 g/mol. The number of hydrogen-bond donors (Lipinski definition) is 1. The second-order valence-corrected chi connectivity index (χ2v) is 4.28. The van der Waals surface area contributed by atoms with E-state index in [-0.39, 0.29) is 18.7 Å². The van der Waals surface area contributed by atoms with Gasteiger partial charge in [-0.05, 0) is 18.9 Å². The summed E-state index contributed by atoms with van der Waals surface area (Å²) >= 11 is 0. The van der Waals surface area contributed by atoms with Gasteiger partial charge in [0.1, 0.15) is 5.82 Å². The molecule has 0 heterocycles. The fourth-order valence-corrected chi connectivity index (χ4v) is 1.86. The molecule has 94 valence electrons. The molecule has 1 aromatic rings. The van der Waals surface area contributed by atoms with Crippen molar-refractivity contribution in [1.29, 1.82) is 0 Å². The number of nitrogens with zero attached hydrogens (tertiary/aromatic N) is 1. The van der Waals surface area contributed by atoms with Gasteiger partial charge in [0.05, 0.1) is 6.61 Å². The van der Waals surface area contributed by atoms with Crippen LogP contribution in [-0.4, -0.2) is 29.2 Å². The summed E-state index contributed by atoms with van der Waals surface area (Å²) in [5.41, 5.74) is 0.129. The molecule has 0 unspecified atom stereocenters. The van der Waals surface area contributed by atoms with Crippen LogP contribution in [0.3, 0.4) is 0 Å². The van der Waals surface area contributed by atoms with Crippen molar-refractivity contribution >= 4 is 0 Å². The molecule has 0 aliphatic heterocycles. The smallest absolute Gasteiger partial charge is 0.161 e. The lowest BCUT2D eigenvalue weighted by molar-refractivity contribution is 0.181. The van der Waals surface area contributed by atoms with Crippen LogP contribution in [0.25, 0.3) is 0 Å². The van der Waals surface area contributed by atoms with E-state index in [2.05, 4.69) is 0 Å². The Kier molecular flexibility index (Phi) is 3.69. The fraction of sp³-hybridized carbons (Fsp3) is 0.500. The van der Waals surface area contributed by atoms with E-state index >= 15 is 0 Å². The highest BCUT2D eigenvalue weighted by Crippen LogP contribution is 2.28. The minimum Gasteiger partial charge on any atom is -0.395 e. The maximum Gasteiger partial charge on any atom is 0.161 e. The lowest BCUT2D eigenvalue weighted by atomic mass is 10.2. The highest BCUT2D eigenvalue weighted by atomic mass is 19.2. The Hall–Kier alpha value is -1.07. The highest BCUT2D eigenvalue weighted by Gasteiger charge is 2.29. The topological polar surface area (TPSA) is 23.5 Å². The quantitative estimate of drug-likeness (QED) is 0.803. The van der Waals surface area contributed by atoms with Gasteiger partial charge in [0.25, 0.3) is 0 Å². The van der Waals surface area contributed by atoms with E-state index in [1.54, 1.807) is 0 Å². The van der Waals surface area contributed by atoms with Crippen LogP contribution in [0.2, 0.25) is 0 Å². The molecular formula is C12H14F3NO. The van der Waals surface area contributed by atoms with E-state index in [9.17, 15) is 13.2 Å². The molecule has 0 atom stereocenters. The molecule has 5 heteroatoms. The zero-order valence-electron chi connectivity index (χ0n) is 9.30. The Bertz CT molecular complexity index is 407. The third kappa shape index (κ3) is 2.98. The van der Waals surface area contributed by atoms with Crippen LogP contribution in [-0.2, 0) is 6.54 Å². The molecule has 2 rings (SSSR count). The lowest BCUT2D eigenvalue weighted by Crippen LogP contribution is -2.29. The van der Waals surface area contributed by atoms with Crippen molar-refractivity contribution < 1.29 is 18.3 Å². The number of aliphatic hydroxyl groups is 1. The van der Waals surface area contributed by atoms with Gasteiger partial charge in [0, 0.05) is 30.8 Å². The van der Waals surface area contributed by atoms with Crippen LogP contribution in [0.5, 0.6) is 0 Å². The first-order valence-electron chi connectivity index (χ1n) is 5.60. The van der Waals surface area contributed by atoms with Crippen LogP contribution in [0.4, 0.5) is 13.2 Å². The minimum absolute atomic E-state index is 0.0260. The summed E-state index contributed by atoms with van der Waals surface area (Å²) in [6.45, 7) is 0.596. The second-order valence-electron chi connectivity index (χ2n) is 4.28. The standard InChI is InChI=1S/C12H14F3NO/c13-10-6-12(15)11(14)5-8(10)7-16(3-4-17)9-1-2-9/h5-6,9,17H,1-4,7H2. The molecule has 1 fully saturated rings. The zero-order chi connectivity index (χ0) is 12.4. The first-order chi connectivity index (χ1) is 8.11. The number of hydrogen-bond acceptors (Lipinski definition) is 2. The Morgan fingerprint density at radius 2 is 1.76 bits per heavy atom. The Morgan fingerprint density at radius 3 is 2.35 bits per heavy atom. The van der Waals surface area contributed by atoms with Crippen molar-refractivity contribution in [3.63, 3.8) is 0 Å². The molecule has 0 spiro atoms. The van der Waals surface area contributed by atoms with Gasteiger partial charge in [0.2, 0.25) is 0 Å². The monoisotopic (exact) mass is 245 g/mol. The Balaban J connectivity index is 2.13. The molecular weight excluding hydrogens is 231 g/mol. The third-order valence-electron chi connectivity index (χ3n) is 2.91. The van der Waals surface area contributed by atoms with Crippen molar-refractivity contribution in [3.05, 3.63) is 35.1 Å². The predicted molar refractivity (Wildman–Crippen MR) is 56.8 cm³/mol. The highest BCUT2D eigenvalue weighted by molar-refractivity contribution is 5.20. The van der Waals surface area contributed by atoms with E-state index in [1.165, 1.54) is 0 Å². The molecule has 0 amide bonds. The van der Waals surface area contributed by atoms with Gasteiger partial charge in [0.15, 0.2) is 11.6 Å². The lowest BCUT2D eigenvalue weighted by Gasteiger charge is -2.21. The molecule has 2 nitrogen and oxygen atoms in total.